The molecule has 0 aliphatic carbocycles. The molecular formula is C26H30O13. The first-order valence-corrected chi connectivity index (χ1v) is 11.7. The van der Waals surface area contributed by atoms with E-state index in [4.69, 9.17) is 37.6 Å². The fourth-order valence-corrected chi connectivity index (χ4v) is 4.33. The van der Waals surface area contributed by atoms with Gasteiger partial charge in [0.15, 0.2) is 28.6 Å². The molecule has 1 fully saturated rings. The van der Waals surface area contributed by atoms with E-state index in [0.717, 1.165) is 0 Å². The van der Waals surface area contributed by atoms with Crippen molar-refractivity contribution in [1.29, 1.82) is 0 Å². The SMILES string of the molecule is COc1ccc(-c2oc3c(OC)c(OC)cc(OC)c3c(=O)c2O[C@H]2O[C@@H](CO)[C@H](O)[C@@H](O)[C@@H]2O)cc1OC. The summed E-state index contributed by atoms with van der Waals surface area (Å²) in [7, 11) is 7.03. The molecule has 0 spiro atoms. The molecule has 0 radical (unpaired) electrons. The van der Waals surface area contributed by atoms with Crippen molar-refractivity contribution in [3.63, 3.8) is 0 Å². The molecule has 1 saturated heterocycles. The monoisotopic (exact) mass is 550 g/mol. The third-order valence-corrected chi connectivity index (χ3v) is 6.38. The zero-order valence-electron chi connectivity index (χ0n) is 21.9. The quantitative estimate of drug-likeness (QED) is 0.293. The summed E-state index contributed by atoms with van der Waals surface area (Å²) in [6.07, 6.45) is -8.10. The summed E-state index contributed by atoms with van der Waals surface area (Å²) in [5, 5.41) is 40.5. The molecule has 212 valence electrons. The average Bonchev–Trinajstić information content (AvgIpc) is 2.96. The van der Waals surface area contributed by atoms with Gasteiger partial charge in [0, 0.05) is 11.6 Å². The van der Waals surface area contributed by atoms with Crippen molar-refractivity contribution in [2.45, 2.75) is 30.7 Å². The number of fused-ring (bicyclic) bond motifs is 1. The van der Waals surface area contributed by atoms with E-state index in [0.29, 0.717) is 17.1 Å². The highest BCUT2D eigenvalue weighted by atomic mass is 16.7. The fraction of sp³-hybridized carbons (Fsp3) is 0.423. The van der Waals surface area contributed by atoms with E-state index in [2.05, 4.69) is 0 Å². The van der Waals surface area contributed by atoms with Crippen LogP contribution in [-0.2, 0) is 4.74 Å². The van der Waals surface area contributed by atoms with Crippen LogP contribution >= 0.6 is 0 Å². The molecule has 13 heteroatoms. The highest BCUT2D eigenvalue weighted by Crippen LogP contribution is 2.45. The van der Waals surface area contributed by atoms with Gasteiger partial charge in [0.1, 0.15) is 35.6 Å². The predicted molar refractivity (Wildman–Crippen MR) is 135 cm³/mol. The molecule has 0 saturated carbocycles. The second-order valence-corrected chi connectivity index (χ2v) is 8.49. The van der Waals surface area contributed by atoms with Crippen LogP contribution in [0.25, 0.3) is 22.3 Å². The lowest BCUT2D eigenvalue weighted by Crippen LogP contribution is -2.60. The molecule has 1 aromatic heterocycles. The maximum atomic E-state index is 14.0. The fourth-order valence-electron chi connectivity index (χ4n) is 4.33. The number of hydrogen-bond acceptors (Lipinski definition) is 13. The third kappa shape index (κ3) is 4.90. The normalized spacial score (nSPS) is 22.8. The Labute approximate surface area is 222 Å². The van der Waals surface area contributed by atoms with Gasteiger partial charge in [-0.1, -0.05) is 0 Å². The Morgan fingerprint density at radius 3 is 2.03 bits per heavy atom. The molecule has 4 N–H and O–H groups in total. The number of methoxy groups -OCH3 is 5. The van der Waals surface area contributed by atoms with Gasteiger partial charge in [-0.05, 0) is 18.2 Å². The van der Waals surface area contributed by atoms with Crippen LogP contribution in [0.3, 0.4) is 0 Å². The van der Waals surface area contributed by atoms with Crippen molar-refractivity contribution in [3.05, 3.63) is 34.5 Å². The minimum atomic E-state index is -1.79. The molecule has 1 aliphatic heterocycles. The average molecular weight is 551 g/mol. The summed E-state index contributed by atoms with van der Waals surface area (Å²) in [5.74, 6) is 0.573. The van der Waals surface area contributed by atoms with Crippen LogP contribution in [0.15, 0.2) is 33.5 Å². The van der Waals surface area contributed by atoms with Crippen molar-refractivity contribution in [3.8, 4) is 45.8 Å². The van der Waals surface area contributed by atoms with Crippen LogP contribution in [0.5, 0.6) is 34.5 Å². The molecule has 2 heterocycles. The summed E-state index contributed by atoms with van der Waals surface area (Å²) < 4.78 is 44.5. The maximum absolute atomic E-state index is 14.0. The molecule has 39 heavy (non-hydrogen) atoms. The Bertz CT molecular complexity index is 1380. The number of aliphatic hydroxyl groups is 4. The number of hydrogen-bond donors (Lipinski definition) is 4. The van der Waals surface area contributed by atoms with Crippen molar-refractivity contribution in [2.75, 3.05) is 42.2 Å². The van der Waals surface area contributed by atoms with Crippen LogP contribution < -0.4 is 33.8 Å². The topological polar surface area (TPSA) is 176 Å². The van der Waals surface area contributed by atoms with Crippen LogP contribution in [0.2, 0.25) is 0 Å². The van der Waals surface area contributed by atoms with Gasteiger partial charge in [0.25, 0.3) is 0 Å². The van der Waals surface area contributed by atoms with E-state index < -0.39 is 48.5 Å². The van der Waals surface area contributed by atoms with Gasteiger partial charge in [-0.15, -0.1) is 0 Å². The van der Waals surface area contributed by atoms with E-state index in [1.54, 1.807) is 12.1 Å². The van der Waals surface area contributed by atoms with E-state index in [-0.39, 0.29) is 34.0 Å². The van der Waals surface area contributed by atoms with Crippen molar-refractivity contribution in [1.82, 2.24) is 0 Å². The molecule has 2 aromatic carbocycles. The maximum Gasteiger partial charge on any atom is 0.239 e. The Kier molecular flexibility index (Phi) is 8.37. The molecule has 0 amide bonds. The lowest BCUT2D eigenvalue weighted by atomic mass is 9.99. The van der Waals surface area contributed by atoms with E-state index >= 15 is 0 Å². The number of rotatable bonds is 9. The largest absolute Gasteiger partial charge is 0.496 e. The molecule has 0 unspecified atom stereocenters. The molecule has 13 nitrogen and oxygen atoms in total. The van der Waals surface area contributed by atoms with Gasteiger partial charge in [-0.2, -0.15) is 0 Å². The number of ether oxygens (including phenoxy) is 7. The highest BCUT2D eigenvalue weighted by Gasteiger charge is 2.45. The zero-order valence-corrected chi connectivity index (χ0v) is 21.9. The summed E-state index contributed by atoms with van der Waals surface area (Å²) in [6.45, 7) is -0.690. The smallest absolute Gasteiger partial charge is 0.239 e. The molecule has 5 atom stereocenters. The molecular weight excluding hydrogens is 520 g/mol. The van der Waals surface area contributed by atoms with Crippen molar-refractivity contribution < 1.29 is 58.0 Å². The number of aliphatic hydroxyl groups excluding tert-OH is 4. The van der Waals surface area contributed by atoms with Crippen molar-refractivity contribution in [2.24, 2.45) is 0 Å². The predicted octanol–water partition coefficient (Wildman–Crippen LogP) is 0.682. The first kappa shape index (κ1) is 28.3. The summed E-state index contributed by atoms with van der Waals surface area (Å²) >= 11 is 0. The van der Waals surface area contributed by atoms with Gasteiger partial charge in [0.05, 0.1) is 42.2 Å². The van der Waals surface area contributed by atoms with Crippen LogP contribution in [0.4, 0.5) is 0 Å². The summed E-state index contributed by atoms with van der Waals surface area (Å²) in [5.41, 5.74) is -0.462. The van der Waals surface area contributed by atoms with Crippen LogP contribution in [0.1, 0.15) is 0 Å². The molecule has 4 rings (SSSR count). The third-order valence-electron chi connectivity index (χ3n) is 6.38. The van der Waals surface area contributed by atoms with Gasteiger partial charge in [-0.3, -0.25) is 4.79 Å². The minimum absolute atomic E-state index is 0.0235. The Morgan fingerprint density at radius 1 is 0.769 bits per heavy atom. The van der Waals surface area contributed by atoms with E-state index in [9.17, 15) is 25.2 Å². The van der Waals surface area contributed by atoms with Gasteiger partial charge >= 0.3 is 0 Å². The first-order chi connectivity index (χ1) is 18.7. The van der Waals surface area contributed by atoms with E-state index in [1.807, 2.05) is 0 Å². The van der Waals surface area contributed by atoms with Gasteiger partial charge in [0.2, 0.25) is 23.2 Å². The van der Waals surface area contributed by atoms with Gasteiger partial charge < -0.3 is 58.0 Å². The Hall–Kier alpha value is -3.75. The van der Waals surface area contributed by atoms with Crippen LogP contribution in [-0.4, -0.2) is 93.3 Å². The first-order valence-electron chi connectivity index (χ1n) is 11.7. The lowest BCUT2D eigenvalue weighted by Gasteiger charge is -2.39. The number of benzene rings is 2. The van der Waals surface area contributed by atoms with Crippen molar-refractivity contribution >= 4 is 11.0 Å². The zero-order chi connectivity index (χ0) is 28.4. The molecule has 0 bridgehead atoms. The molecule has 3 aromatic rings. The summed E-state index contributed by atoms with van der Waals surface area (Å²) in [6, 6.07) is 6.13. The Morgan fingerprint density at radius 2 is 1.44 bits per heavy atom. The van der Waals surface area contributed by atoms with Crippen LogP contribution in [0, 0.1) is 0 Å². The van der Waals surface area contributed by atoms with Gasteiger partial charge in [-0.25, -0.2) is 0 Å². The highest BCUT2D eigenvalue weighted by molar-refractivity contribution is 5.93. The second kappa shape index (κ2) is 11.6. The lowest BCUT2D eigenvalue weighted by molar-refractivity contribution is -0.277. The standard InChI is InChI=1S/C26H30O13/c1-32-12-7-6-11(8-13(12)33-2)22-25(39-26-21(31)20(30)18(28)16(10-27)37-26)19(29)17-14(34-3)9-15(35-4)23(36-5)24(17)38-22/h6-9,16,18,20-21,26-28,30-31H,10H2,1-5H3/t16-,18-,20+,21-,26+/m0/s1. The second-order valence-electron chi connectivity index (χ2n) is 8.49. The Balaban J connectivity index is 2.02. The van der Waals surface area contributed by atoms with E-state index in [1.165, 1.54) is 47.7 Å². The minimum Gasteiger partial charge on any atom is -0.496 e. The summed E-state index contributed by atoms with van der Waals surface area (Å²) in [4.78, 5) is 14.0. The molecule has 1 aliphatic rings.